The van der Waals surface area contributed by atoms with E-state index in [1.807, 2.05) is 4.57 Å². The molecule has 0 saturated heterocycles. The number of pyridine rings is 1. The van der Waals surface area contributed by atoms with Crippen molar-refractivity contribution in [2.45, 2.75) is 33.2 Å². The highest BCUT2D eigenvalue weighted by molar-refractivity contribution is 5.25. The highest BCUT2D eigenvalue weighted by Crippen LogP contribution is 2.16. The highest BCUT2D eigenvalue weighted by Gasteiger charge is 2.08. The summed E-state index contributed by atoms with van der Waals surface area (Å²) in [6.45, 7) is 5.87. The zero-order valence-electron chi connectivity index (χ0n) is 8.24. The van der Waals surface area contributed by atoms with Gasteiger partial charge in [0.2, 0.25) is 5.43 Å². The SMILES string of the molecule is CCC(C)n1ccc(=O)c(O)c1C. The highest BCUT2D eigenvalue weighted by atomic mass is 16.3. The van der Waals surface area contributed by atoms with Crippen LogP contribution >= 0.6 is 0 Å². The van der Waals surface area contributed by atoms with Crippen LogP contribution in [0.15, 0.2) is 17.1 Å². The summed E-state index contributed by atoms with van der Waals surface area (Å²) in [4.78, 5) is 11.0. The van der Waals surface area contributed by atoms with Crippen LogP contribution in [0.25, 0.3) is 0 Å². The van der Waals surface area contributed by atoms with Crippen molar-refractivity contribution in [1.29, 1.82) is 0 Å². The number of aromatic nitrogens is 1. The Balaban J connectivity index is 3.26. The molecule has 0 fully saturated rings. The van der Waals surface area contributed by atoms with Crippen LogP contribution in [-0.4, -0.2) is 9.67 Å². The van der Waals surface area contributed by atoms with E-state index in [-0.39, 0.29) is 11.2 Å². The molecule has 1 aromatic rings. The van der Waals surface area contributed by atoms with Gasteiger partial charge in [-0.3, -0.25) is 4.79 Å². The van der Waals surface area contributed by atoms with Crippen molar-refractivity contribution >= 4 is 0 Å². The van der Waals surface area contributed by atoms with Crippen LogP contribution in [0.4, 0.5) is 0 Å². The summed E-state index contributed by atoms with van der Waals surface area (Å²) in [5, 5.41) is 9.40. The summed E-state index contributed by atoms with van der Waals surface area (Å²) >= 11 is 0. The molecule has 0 aliphatic rings. The van der Waals surface area contributed by atoms with Crippen molar-refractivity contribution in [1.82, 2.24) is 4.57 Å². The molecule has 72 valence electrons. The van der Waals surface area contributed by atoms with Gasteiger partial charge in [0.1, 0.15) is 0 Å². The number of aromatic hydroxyl groups is 1. The molecule has 1 aromatic heterocycles. The number of nitrogens with zero attached hydrogens (tertiary/aromatic N) is 1. The van der Waals surface area contributed by atoms with Gasteiger partial charge in [-0.05, 0) is 20.3 Å². The number of rotatable bonds is 2. The molecule has 0 saturated carbocycles. The second kappa shape index (κ2) is 3.64. The first-order chi connectivity index (χ1) is 6.07. The minimum absolute atomic E-state index is 0.136. The Kier molecular flexibility index (Phi) is 2.76. The molecule has 1 N–H and O–H groups in total. The van der Waals surface area contributed by atoms with Crippen LogP contribution in [0, 0.1) is 6.92 Å². The van der Waals surface area contributed by atoms with Crippen molar-refractivity contribution in [2.24, 2.45) is 0 Å². The number of hydrogen-bond acceptors (Lipinski definition) is 2. The van der Waals surface area contributed by atoms with E-state index in [0.29, 0.717) is 11.7 Å². The number of hydrogen-bond donors (Lipinski definition) is 1. The first-order valence-electron chi connectivity index (χ1n) is 4.48. The zero-order valence-corrected chi connectivity index (χ0v) is 8.24. The fourth-order valence-electron chi connectivity index (χ4n) is 1.31. The van der Waals surface area contributed by atoms with Gasteiger partial charge in [-0.2, -0.15) is 0 Å². The fraction of sp³-hybridized carbons (Fsp3) is 0.500. The monoisotopic (exact) mass is 181 g/mol. The van der Waals surface area contributed by atoms with E-state index < -0.39 is 0 Å². The molecule has 0 aliphatic heterocycles. The molecular weight excluding hydrogens is 166 g/mol. The predicted molar refractivity (Wildman–Crippen MR) is 52.1 cm³/mol. The molecule has 0 radical (unpaired) electrons. The average molecular weight is 181 g/mol. The van der Waals surface area contributed by atoms with Crippen molar-refractivity contribution in [3.05, 3.63) is 28.2 Å². The summed E-state index contributed by atoms with van der Waals surface area (Å²) in [6, 6.07) is 1.71. The van der Waals surface area contributed by atoms with Crippen LogP contribution in [0.3, 0.4) is 0 Å². The largest absolute Gasteiger partial charge is 0.503 e. The summed E-state index contributed by atoms with van der Waals surface area (Å²) < 4.78 is 1.91. The molecule has 0 bridgehead atoms. The Morgan fingerprint density at radius 1 is 1.62 bits per heavy atom. The Bertz CT molecular complexity index is 354. The molecule has 13 heavy (non-hydrogen) atoms. The molecular formula is C10H15NO2. The third-order valence-electron chi connectivity index (χ3n) is 2.42. The molecule has 1 rings (SSSR count). The fourth-order valence-corrected chi connectivity index (χ4v) is 1.31. The second-order valence-corrected chi connectivity index (χ2v) is 3.28. The first-order valence-corrected chi connectivity index (χ1v) is 4.48. The predicted octanol–water partition coefficient (Wildman–Crippen LogP) is 1.83. The summed E-state index contributed by atoms with van der Waals surface area (Å²) in [6.07, 6.45) is 2.70. The first kappa shape index (κ1) is 9.84. The van der Waals surface area contributed by atoms with E-state index >= 15 is 0 Å². The van der Waals surface area contributed by atoms with E-state index in [0.717, 1.165) is 6.42 Å². The summed E-state index contributed by atoms with van der Waals surface area (Å²) in [7, 11) is 0. The van der Waals surface area contributed by atoms with Gasteiger partial charge in [-0.15, -0.1) is 0 Å². The van der Waals surface area contributed by atoms with E-state index in [4.69, 9.17) is 0 Å². The lowest BCUT2D eigenvalue weighted by Gasteiger charge is -2.17. The Labute approximate surface area is 77.6 Å². The third kappa shape index (κ3) is 1.74. The summed E-state index contributed by atoms with van der Waals surface area (Å²) in [5.74, 6) is -0.136. The van der Waals surface area contributed by atoms with Gasteiger partial charge in [0.05, 0.1) is 5.69 Å². The van der Waals surface area contributed by atoms with Crippen LogP contribution in [-0.2, 0) is 0 Å². The van der Waals surface area contributed by atoms with Gasteiger partial charge in [0, 0.05) is 18.3 Å². The third-order valence-corrected chi connectivity index (χ3v) is 2.42. The molecule has 1 atom stereocenters. The van der Waals surface area contributed by atoms with E-state index in [1.54, 1.807) is 13.1 Å². The van der Waals surface area contributed by atoms with Crippen molar-refractivity contribution in [3.8, 4) is 5.75 Å². The Hall–Kier alpha value is -1.25. The lowest BCUT2D eigenvalue weighted by molar-refractivity contribution is 0.437. The lowest BCUT2D eigenvalue weighted by Crippen LogP contribution is -2.12. The molecule has 1 unspecified atom stereocenters. The van der Waals surface area contributed by atoms with Crippen LogP contribution < -0.4 is 5.43 Å². The normalized spacial score (nSPS) is 12.8. The van der Waals surface area contributed by atoms with Gasteiger partial charge >= 0.3 is 0 Å². The average Bonchev–Trinajstić information content (AvgIpc) is 2.13. The Morgan fingerprint density at radius 2 is 2.23 bits per heavy atom. The standard InChI is InChI=1S/C10H15NO2/c1-4-7(2)11-6-5-9(12)10(13)8(11)3/h5-7,13H,4H2,1-3H3. The van der Waals surface area contributed by atoms with Crippen LogP contribution in [0.2, 0.25) is 0 Å². The van der Waals surface area contributed by atoms with Crippen LogP contribution in [0.5, 0.6) is 5.75 Å². The molecule has 3 nitrogen and oxygen atoms in total. The maximum Gasteiger partial charge on any atom is 0.223 e. The maximum atomic E-state index is 11.0. The molecule has 1 heterocycles. The van der Waals surface area contributed by atoms with Crippen molar-refractivity contribution < 1.29 is 5.11 Å². The maximum absolute atomic E-state index is 11.0. The van der Waals surface area contributed by atoms with Gasteiger partial charge in [-0.1, -0.05) is 6.92 Å². The molecule has 0 aromatic carbocycles. The van der Waals surface area contributed by atoms with Gasteiger partial charge in [-0.25, -0.2) is 0 Å². The topological polar surface area (TPSA) is 42.2 Å². The molecule has 3 heteroatoms. The van der Waals surface area contributed by atoms with E-state index in [2.05, 4.69) is 13.8 Å². The quantitative estimate of drug-likeness (QED) is 0.756. The lowest BCUT2D eigenvalue weighted by atomic mass is 10.2. The van der Waals surface area contributed by atoms with Crippen molar-refractivity contribution in [2.75, 3.05) is 0 Å². The van der Waals surface area contributed by atoms with E-state index in [1.165, 1.54) is 6.07 Å². The zero-order chi connectivity index (χ0) is 10.0. The molecule has 0 amide bonds. The van der Waals surface area contributed by atoms with Crippen molar-refractivity contribution in [3.63, 3.8) is 0 Å². The van der Waals surface area contributed by atoms with Crippen LogP contribution in [0.1, 0.15) is 32.0 Å². The molecule has 0 spiro atoms. The second-order valence-electron chi connectivity index (χ2n) is 3.28. The minimum Gasteiger partial charge on any atom is -0.503 e. The minimum atomic E-state index is -0.308. The smallest absolute Gasteiger partial charge is 0.223 e. The summed E-state index contributed by atoms with van der Waals surface area (Å²) in [5.41, 5.74) is 0.332. The van der Waals surface area contributed by atoms with E-state index in [9.17, 15) is 9.90 Å². The van der Waals surface area contributed by atoms with Gasteiger partial charge < -0.3 is 9.67 Å². The van der Waals surface area contributed by atoms with Gasteiger partial charge in [0.15, 0.2) is 5.75 Å². The Morgan fingerprint density at radius 3 is 2.77 bits per heavy atom. The van der Waals surface area contributed by atoms with Gasteiger partial charge in [0.25, 0.3) is 0 Å². The molecule has 0 aliphatic carbocycles.